The molecule has 7 heteroatoms. The minimum Gasteiger partial charge on any atom is -0.465 e. The molecule has 6 nitrogen and oxygen atoms in total. The lowest BCUT2D eigenvalue weighted by molar-refractivity contribution is 0.381. The maximum absolute atomic E-state index is 12.9. The zero-order chi connectivity index (χ0) is 15.0. The molecule has 1 saturated heterocycles. The summed E-state index contributed by atoms with van der Waals surface area (Å²) < 4.78 is 32.6. The van der Waals surface area contributed by atoms with Gasteiger partial charge in [-0.15, -0.1) is 0 Å². The van der Waals surface area contributed by atoms with E-state index in [4.69, 9.17) is 4.42 Å². The number of hydrogen-bond acceptors (Lipinski definition) is 5. The summed E-state index contributed by atoms with van der Waals surface area (Å²) in [6, 6.07) is 3.00. The van der Waals surface area contributed by atoms with Crippen LogP contribution in [0, 0.1) is 13.8 Å². The Morgan fingerprint density at radius 2 is 2.00 bits per heavy atom. The second-order valence-electron chi connectivity index (χ2n) is 5.16. The topological polar surface area (TPSA) is 76.3 Å². The Labute approximate surface area is 123 Å². The zero-order valence-corrected chi connectivity index (χ0v) is 12.8. The Morgan fingerprint density at radius 1 is 1.29 bits per heavy atom. The Balaban J connectivity index is 2.00. The van der Waals surface area contributed by atoms with E-state index in [1.807, 2.05) is 0 Å². The molecule has 3 heterocycles. The van der Waals surface area contributed by atoms with Crippen LogP contribution in [0.4, 0.5) is 0 Å². The largest absolute Gasteiger partial charge is 0.465 e. The van der Waals surface area contributed by atoms with E-state index in [0.29, 0.717) is 23.9 Å². The minimum atomic E-state index is -3.59. The molecule has 2 aromatic heterocycles. The van der Waals surface area contributed by atoms with E-state index >= 15 is 0 Å². The average molecular weight is 307 g/mol. The first-order valence-electron chi connectivity index (χ1n) is 6.86. The van der Waals surface area contributed by atoms with Gasteiger partial charge in [0.1, 0.15) is 22.2 Å². The molecule has 1 fully saturated rings. The predicted molar refractivity (Wildman–Crippen MR) is 76.1 cm³/mol. The van der Waals surface area contributed by atoms with Gasteiger partial charge in [0.05, 0.1) is 6.04 Å². The van der Waals surface area contributed by atoms with E-state index in [2.05, 4.69) is 9.97 Å². The second kappa shape index (κ2) is 5.23. The van der Waals surface area contributed by atoms with Crippen molar-refractivity contribution >= 4 is 10.0 Å². The highest BCUT2D eigenvalue weighted by atomic mass is 32.2. The van der Waals surface area contributed by atoms with E-state index in [1.165, 1.54) is 4.31 Å². The molecule has 0 N–H and O–H groups in total. The summed E-state index contributed by atoms with van der Waals surface area (Å²) in [5.41, 5.74) is 0. The van der Waals surface area contributed by atoms with E-state index in [9.17, 15) is 8.42 Å². The lowest BCUT2D eigenvalue weighted by atomic mass is 10.2. The molecule has 0 bridgehead atoms. The first-order valence-corrected chi connectivity index (χ1v) is 8.30. The summed E-state index contributed by atoms with van der Waals surface area (Å²) in [5, 5.41) is 0. The maximum Gasteiger partial charge on any atom is 0.247 e. The number of rotatable bonds is 3. The van der Waals surface area contributed by atoms with Crippen molar-refractivity contribution in [3.63, 3.8) is 0 Å². The molecule has 1 aliphatic rings. The SMILES string of the molecule is Cc1cc(S(=O)(=O)N2CCC[C@H]2c2ncccn2)c(C)o1. The third kappa shape index (κ3) is 2.47. The van der Waals surface area contributed by atoms with Crippen LogP contribution in [-0.2, 0) is 10.0 Å². The average Bonchev–Trinajstić information content (AvgIpc) is 3.07. The van der Waals surface area contributed by atoms with Gasteiger partial charge in [-0.25, -0.2) is 18.4 Å². The van der Waals surface area contributed by atoms with Crippen LogP contribution in [0.3, 0.4) is 0 Å². The van der Waals surface area contributed by atoms with Crippen molar-refractivity contribution in [2.45, 2.75) is 37.6 Å². The van der Waals surface area contributed by atoms with Gasteiger partial charge in [-0.05, 0) is 38.8 Å². The summed E-state index contributed by atoms with van der Waals surface area (Å²) in [6.45, 7) is 3.90. The van der Waals surface area contributed by atoms with Crippen molar-refractivity contribution in [1.29, 1.82) is 0 Å². The van der Waals surface area contributed by atoms with Crippen LogP contribution in [0.25, 0.3) is 0 Å². The van der Waals surface area contributed by atoms with Crippen molar-refractivity contribution < 1.29 is 12.8 Å². The summed E-state index contributed by atoms with van der Waals surface area (Å²) in [5.74, 6) is 1.57. The van der Waals surface area contributed by atoms with E-state index < -0.39 is 10.0 Å². The standard InChI is InChI=1S/C14H17N3O3S/c1-10-9-13(11(2)20-10)21(18,19)17-8-3-5-12(17)14-15-6-4-7-16-14/h4,6-7,9,12H,3,5,8H2,1-2H3/t12-/m0/s1. The number of hydrogen-bond donors (Lipinski definition) is 0. The molecular formula is C14H17N3O3S. The molecule has 0 aliphatic carbocycles. The van der Waals surface area contributed by atoms with E-state index in [-0.39, 0.29) is 10.9 Å². The van der Waals surface area contributed by atoms with Gasteiger partial charge < -0.3 is 4.42 Å². The molecule has 112 valence electrons. The maximum atomic E-state index is 12.9. The van der Waals surface area contributed by atoms with Crippen molar-refractivity contribution in [3.05, 3.63) is 41.9 Å². The third-order valence-corrected chi connectivity index (χ3v) is 5.69. The summed E-state index contributed by atoms with van der Waals surface area (Å²) in [6.07, 6.45) is 4.81. The number of nitrogens with zero attached hydrogens (tertiary/aromatic N) is 3. The molecular weight excluding hydrogens is 290 g/mol. The monoisotopic (exact) mass is 307 g/mol. The molecule has 0 spiro atoms. The molecule has 0 saturated carbocycles. The van der Waals surface area contributed by atoms with Crippen LogP contribution in [0.5, 0.6) is 0 Å². The fraction of sp³-hybridized carbons (Fsp3) is 0.429. The van der Waals surface area contributed by atoms with Crippen LogP contribution >= 0.6 is 0 Å². The molecule has 0 radical (unpaired) electrons. The van der Waals surface area contributed by atoms with Crippen molar-refractivity contribution in [1.82, 2.24) is 14.3 Å². The molecule has 2 aromatic rings. The molecule has 0 amide bonds. The number of aryl methyl sites for hydroxylation is 2. The van der Waals surface area contributed by atoms with Gasteiger partial charge in [-0.2, -0.15) is 4.31 Å². The Kier molecular flexibility index (Phi) is 3.54. The molecule has 1 atom stereocenters. The fourth-order valence-electron chi connectivity index (χ4n) is 2.76. The number of furan rings is 1. The smallest absolute Gasteiger partial charge is 0.247 e. The molecule has 0 unspecified atom stereocenters. The lowest BCUT2D eigenvalue weighted by Crippen LogP contribution is -2.31. The van der Waals surface area contributed by atoms with E-state index in [0.717, 1.165) is 12.8 Å². The Hall–Kier alpha value is -1.73. The predicted octanol–water partition coefficient (Wildman–Crippen LogP) is 2.21. The minimum absolute atomic E-state index is 0.239. The highest BCUT2D eigenvalue weighted by Gasteiger charge is 2.39. The van der Waals surface area contributed by atoms with Crippen LogP contribution in [0.1, 0.15) is 36.2 Å². The molecule has 0 aromatic carbocycles. The van der Waals surface area contributed by atoms with Crippen LogP contribution in [-0.4, -0.2) is 29.2 Å². The Bertz CT molecular complexity index is 740. The zero-order valence-electron chi connectivity index (χ0n) is 12.0. The van der Waals surface area contributed by atoms with Gasteiger partial charge in [0.2, 0.25) is 10.0 Å². The molecule has 3 rings (SSSR count). The van der Waals surface area contributed by atoms with Crippen molar-refractivity contribution in [2.75, 3.05) is 6.54 Å². The van der Waals surface area contributed by atoms with Gasteiger partial charge >= 0.3 is 0 Å². The summed E-state index contributed by atoms with van der Waals surface area (Å²) in [4.78, 5) is 8.65. The quantitative estimate of drug-likeness (QED) is 0.869. The summed E-state index contributed by atoms with van der Waals surface area (Å²) in [7, 11) is -3.59. The van der Waals surface area contributed by atoms with E-state index in [1.54, 1.807) is 38.4 Å². The first kappa shape index (κ1) is 14.2. The number of aromatic nitrogens is 2. The third-order valence-electron chi connectivity index (χ3n) is 3.67. The first-order chi connectivity index (χ1) is 10.00. The second-order valence-corrected chi connectivity index (χ2v) is 7.02. The van der Waals surface area contributed by atoms with Crippen LogP contribution in [0.15, 0.2) is 33.8 Å². The van der Waals surface area contributed by atoms with Gasteiger partial charge in [-0.1, -0.05) is 0 Å². The van der Waals surface area contributed by atoms with Gasteiger partial charge in [0.15, 0.2) is 0 Å². The summed E-state index contributed by atoms with van der Waals surface area (Å²) >= 11 is 0. The van der Waals surface area contributed by atoms with Gasteiger partial charge in [0, 0.05) is 18.9 Å². The fourth-order valence-corrected chi connectivity index (χ4v) is 4.64. The van der Waals surface area contributed by atoms with Crippen molar-refractivity contribution in [3.8, 4) is 0 Å². The highest BCUT2D eigenvalue weighted by molar-refractivity contribution is 7.89. The normalized spacial score (nSPS) is 20.0. The molecule has 21 heavy (non-hydrogen) atoms. The Morgan fingerprint density at radius 3 is 2.62 bits per heavy atom. The number of sulfonamides is 1. The lowest BCUT2D eigenvalue weighted by Gasteiger charge is -2.22. The highest BCUT2D eigenvalue weighted by Crippen LogP contribution is 2.36. The van der Waals surface area contributed by atoms with Crippen LogP contribution < -0.4 is 0 Å². The van der Waals surface area contributed by atoms with Gasteiger partial charge in [-0.3, -0.25) is 0 Å². The molecule has 1 aliphatic heterocycles. The van der Waals surface area contributed by atoms with Crippen molar-refractivity contribution in [2.24, 2.45) is 0 Å². The van der Waals surface area contributed by atoms with Gasteiger partial charge in [0.25, 0.3) is 0 Å². The van der Waals surface area contributed by atoms with Crippen LogP contribution in [0.2, 0.25) is 0 Å².